The Morgan fingerprint density at radius 1 is 1.45 bits per heavy atom. The van der Waals surface area contributed by atoms with E-state index in [0.717, 1.165) is 5.84 Å². The van der Waals surface area contributed by atoms with Gasteiger partial charge >= 0.3 is 12.4 Å². The zero-order chi connectivity index (χ0) is 15.8. The Hall–Kier alpha value is -1.86. The van der Waals surface area contributed by atoms with E-state index in [-0.39, 0.29) is 19.4 Å². The maximum Gasteiger partial charge on any atom is 0.344 e. The van der Waals surface area contributed by atoms with Crippen molar-refractivity contribution in [1.82, 2.24) is 9.80 Å². The first-order valence-electron chi connectivity index (χ1n) is 7.49. The van der Waals surface area contributed by atoms with E-state index in [1.165, 1.54) is 4.90 Å². The van der Waals surface area contributed by atoms with Gasteiger partial charge in [0.05, 0.1) is 26.1 Å². The van der Waals surface area contributed by atoms with Crippen LogP contribution >= 0.6 is 0 Å². The van der Waals surface area contributed by atoms with Gasteiger partial charge in [-0.2, -0.15) is 0 Å². The maximum atomic E-state index is 14.5. The normalized spacial score (nSPS) is 25.3. The van der Waals surface area contributed by atoms with Crippen molar-refractivity contribution in [3.8, 4) is 0 Å². The highest BCUT2D eigenvalue weighted by molar-refractivity contribution is 5.85. The third-order valence-corrected chi connectivity index (χ3v) is 4.47. The molecule has 0 aromatic heterocycles. The molecule has 3 rings (SSSR count). The lowest BCUT2D eigenvalue weighted by Crippen LogP contribution is -2.61. The second kappa shape index (κ2) is 5.40. The quantitative estimate of drug-likeness (QED) is 0.697. The number of carbonyl (C=O) groups is 1. The summed E-state index contributed by atoms with van der Waals surface area (Å²) in [7, 11) is 0. The molecule has 0 aromatic carbocycles. The molecule has 121 valence electrons. The van der Waals surface area contributed by atoms with Crippen molar-refractivity contribution >= 4 is 18.2 Å². The minimum absolute atomic E-state index is 0.0894. The Morgan fingerprint density at radius 3 is 2.73 bits per heavy atom. The summed E-state index contributed by atoms with van der Waals surface area (Å²) in [5, 5.41) is 4.08. The molecular weight excluding hydrogens is 293 g/mol. The van der Waals surface area contributed by atoms with Gasteiger partial charge in [0.15, 0.2) is 5.60 Å². The van der Waals surface area contributed by atoms with E-state index in [1.807, 2.05) is 11.3 Å². The van der Waals surface area contributed by atoms with Gasteiger partial charge in [-0.15, -0.1) is 0 Å². The molecule has 3 aliphatic heterocycles. The first-order valence-corrected chi connectivity index (χ1v) is 7.49. The second-order valence-corrected chi connectivity index (χ2v) is 6.08. The fraction of sp³-hybridized carbons (Fsp3) is 0.786. The van der Waals surface area contributed by atoms with Gasteiger partial charge in [-0.25, -0.2) is 9.18 Å². The fourth-order valence-electron chi connectivity index (χ4n) is 3.14. The summed E-state index contributed by atoms with van der Waals surface area (Å²) in [6.45, 7) is 3.61. The molecule has 3 heterocycles. The number of nitrogens with zero attached hydrogens (tertiary/aromatic N) is 3. The highest BCUT2D eigenvalue weighted by Gasteiger charge is 2.52. The van der Waals surface area contributed by atoms with Gasteiger partial charge in [0.25, 0.3) is 0 Å². The van der Waals surface area contributed by atoms with Crippen LogP contribution in [0.3, 0.4) is 0 Å². The number of amidine groups is 1. The Labute approximate surface area is 128 Å². The molecule has 8 heteroatoms. The molecule has 22 heavy (non-hydrogen) atoms. The number of amides is 1. The number of alkyl halides is 1. The average molecular weight is 312 g/mol. The minimum atomic E-state index is -1.90. The number of piperidine rings is 1. The summed E-state index contributed by atoms with van der Waals surface area (Å²) in [6.07, 6.45) is 2.60. The molecule has 2 fully saturated rings. The van der Waals surface area contributed by atoms with Crippen LogP contribution in [-0.2, 0) is 19.2 Å². The molecule has 0 N–H and O–H groups in total. The number of likely N-dealkylation sites (tertiary alicyclic amines) is 2. The third-order valence-electron chi connectivity index (χ3n) is 4.47. The van der Waals surface area contributed by atoms with Crippen LogP contribution < -0.4 is 0 Å². The van der Waals surface area contributed by atoms with Gasteiger partial charge in [0, 0.05) is 25.9 Å². The molecule has 1 spiro atoms. The van der Waals surface area contributed by atoms with E-state index in [0.29, 0.717) is 32.6 Å². The van der Waals surface area contributed by atoms with E-state index in [1.54, 1.807) is 6.92 Å². The van der Waals surface area contributed by atoms with E-state index in [2.05, 4.69) is 5.16 Å². The smallest absolute Gasteiger partial charge is 0.344 e. The highest BCUT2D eigenvalue weighted by Crippen LogP contribution is 2.35. The number of hydrogen-bond donors (Lipinski definition) is 0. The summed E-state index contributed by atoms with van der Waals surface area (Å²) in [5.74, 6) is -0.0108. The van der Waals surface area contributed by atoms with Crippen LogP contribution in [-0.4, -0.2) is 72.1 Å². The standard InChI is InChI=1S/C14H19FN3O4/c1-2-21-12(20)14(15)3-5-18(6-4-14)11-7-13(22-16-11)8-17(9-13)10-19/h2-9H2,1H3. The molecule has 0 saturated carbocycles. The summed E-state index contributed by atoms with van der Waals surface area (Å²) < 4.78 is 19.3. The van der Waals surface area contributed by atoms with Gasteiger partial charge in [-0.1, -0.05) is 5.16 Å². The predicted octanol–water partition coefficient (Wildman–Crippen LogP) is 0.209. The number of oxime groups is 1. The zero-order valence-corrected chi connectivity index (χ0v) is 12.5. The predicted molar refractivity (Wildman–Crippen MR) is 74.4 cm³/mol. The minimum Gasteiger partial charge on any atom is -0.464 e. The van der Waals surface area contributed by atoms with Crippen LogP contribution in [0.25, 0.3) is 0 Å². The Kier molecular flexibility index (Phi) is 3.70. The van der Waals surface area contributed by atoms with Crippen molar-refractivity contribution in [2.24, 2.45) is 5.16 Å². The second-order valence-electron chi connectivity index (χ2n) is 6.08. The molecule has 2 saturated heterocycles. The molecule has 0 aliphatic carbocycles. The molecule has 3 aliphatic rings. The topological polar surface area (TPSA) is 71.4 Å². The summed E-state index contributed by atoms with van der Waals surface area (Å²) >= 11 is 0. The van der Waals surface area contributed by atoms with E-state index < -0.39 is 17.2 Å². The Bertz CT molecular complexity index is 496. The van der Waals surface area contributed by atoms with Crippen LogP contribution in [0.5, 0.6) is 0 Å². The van der Waals surface area contributed by atoms with E-state index in [4.69, 9.17) is 9.57 Å². The van der Waals surface area contributed by atoms with Crippen LogP contribution in [0.4, 0.5) is 4.39 Å². The fourth-order valence-corrected chi connectivity index (χ4v) is 3.14. The van der Waals surface area contributed by atoms with E-state index in [9.17, 15) is 14.0 Å². The average Bonchev–Trinajstić information content (AvgIpc) is 2.92. The van der Waals surface area contributed by atoms with Gasteiger partial charge < -0.3 is 19.4 Å². The SMILES string of the molecule is CCOC(=O)C1(F)CCN(C2=NOC3(C2)CN([C]=O)C3)CC1. The molecule has 0 aromatic rings. The van der Waals surface area contributed by atoms with Crippen molar-refractivity contribution in [2.45, 2.75) is 37.5 Å². The molecule has 0 atom stereocenters. The van der Waals surface area contributed by atoms with Gasteiger partial charge in [0.2, 0.25) is 5.67 Å². The lowest BCUT2D eigenvalue weighted by atomic mass is 9.89. The van der Waals surface area contributed by atoms with Crippen molar-refractivity contribution in [3.63, 3.8) is 0 Å². The van der Waals surface area contributed by atoms with Crippen LogP contribution in [0.1, 0.15) is 26.2 Å². The molecular formula is C14H19FN3O4. The van der Waals surface area contributed by atoms with E-state index >= 15 is 0 Å². The Balaban J connectivity index is 1.52. The Morgan fingerprint density at radius 2 is 2.14 bits per heavy atom. The van der Waals surface area contributed by atoms with Gasteiger partial charge in [-0.05, 0) is 6.92 Å². The largest absolute Gasteiger partial charge is 0.464 e. The number of rotatable bonds is 3. The number of esters is 1. The monoisotopic (exact) mass is 312 g/mol. The number of halogens is 1. The summed E-state index contributed by atoms with van der Waals surface area (Å²) in [4.78, 5) is 31.1. The first-order chi connectivity index (χ1) is 10.5. The van der Waals surface area contributed by atoms with Crippen molar-refractivity contribution in [3.05, 3.63) is 0 Å². The highest BCUT2D eigenvalue weighted by atomic mass is 19.1. The van der Waals surface area contributed by atoms with Crippen LogP contribution in [0.15, 0.2) is 5.16 Å². The molecule has 1 amide bonds. The summed E-state index contributed by atoms with van der Waals surface area (Å²) in [6, 6.07) is 0. The number of ether oxygens (including phenoxy) is 1. The lowest BCUT2D eigenvalue weighted by Gasteiger charge is -2.42. The first kappa shape index (κ1) is 15.1. The third kappa shape index (κ3) is 2.50. The van der Waals surface area contributed by atoms with Crippen LogP contribution in [0, 0.1) is 0 Å². The summed E-state index contributed by atoms with van der Waals surface area (Å²) in [5.41, 5.74) is -2.33. The number of hydrogen-bond acceptors (Lipinski definition) is 6. The zero-order valence-electron chi connectivity index (χ0n) is 12.5. The van der Waals surface area contributed by atoms with Crippen molar-refractivity contribution < 1.29 is 23.6 Å². The number of carbonyl (C=O) groups excluding carboxylic acids is 2. The molecule has 0 unspecified atom stereocenters. The van der Waals surface area contributed by atoms with Gasteiger partial charge in [-0.3, -0.25) is 4.79 Å². The maximum absolute atomic E-state index is 14.5. The molecule has 7 nitrogen and oxygen atoms in total. The van der Waals surface area contributed by atoms with Crippen LogP contribution in [0.2, 0.25) is 0 Å². The van der Waals surface area contributed by atoms with Gasteiger partial charge in [0.1, 0.15) is 5.84 Å². The molecule has 0 bridgehead atoms. The van der Waals surface area contributed by atoms with Crippen molar-refractivity contribution in [1.29, 1.82) is 0 Å². The lowest BCUT2D eigenvalue weighted by molar-refractivity contribution is -0.160. The van der Waals surface area contributed by atoms with Crippen molar-refractivity contribution in [2.75, 3.05) is 32.8 Å². The molecule has 1 radical (unpaired) electrons.